The molecule has 98 valence electrons. The second-order valence-electron chi connectivity index (χ2n) is 5.01. The molecule has 4 nitrogen and oxygen atoms in total. The second kappa shape index (κ2) is 5.40. The number of anilines is 1. The number of likely N-dealkylation sites (N-methyl/N-ethyl adjacent to an activating group) is 2. The van der Waals surface area contributed by atoms with Crippen LogP contribution in [-0.2, 0) is 0 Å². The van der Waals surface area contributed by atoms with Gasteiger partial charge in [0.2, 0.25) is 0 Å². The summed E-state index contributed by atoms with van der Waals surface area (Å²) < 4.78 is 0. The summed E-state index contributed by atoms with van der Waals surface area (Å²) in [7, 11) is 4.17. The Labute approximate surface area is 108 Å². The summed E-state index contributed by atoms with van der Waals surface area (Å²) in [6, 6.07) is 7.69. The van der Waals surface area contributed by atoms with Crippen molar-refractivity contribution in [2.24, 2.45) is 0 Å². The molecule has 1 saturated heterocycles. The predicted octanol–water partition coefficient (Wildman–Crippen LogP) is 1.92. The Morgan fingerprint density at radius 3 is 2.94 bits per heavy atom. The van der Waals surface area contributed by atoms with Crippen molar-refractivity contribution in [2.45, 2.75) is 18.9 Å². The fraction of sp³-hybridized carbons (Fsp3) is 0.500. The number of rotatable bonds is 4. The Morgan fingerprint density at radius 1 is 1.56 bits per heavy atom. The van der Waals surface area contributed by atoms with Crippen molar-refractivity contribution in [3.05, 3.63) is 29.8 Å². The maximum atomic E-state index is 10.9. The first kappa shape index (κ1) is 12.9. The van der Waals surface area contributed by atoms with Gasteiger partial charge in [0, 0.05) is 25.3 Å². The fourth-order valence-corrected chi connectivity index (χ4v) is 2.51. The molecule has 2 rings (SSSR count). The Hall–Kier alpha value is -1.55. The molecule has 0 bridgehead atoms. The standard InChI is InChI=1S/C14H20N2O2/c1-15-8-4-7-13(15)10-16(2)12-6-3-5-11(9-12)14(17)18/h3,5-6,9,13H,4,7-8,10H2,1-2H3,(H,17,18). The van der Waals surface area contributed by atoms with Crippen LogP contribution in [0.2, 0.25) is 0 Å². The van der Waals surface area contributed by atoms with E-state index in [1.165, 1.54) is 12.8 Å². The average molecular weight is 248 g/mol. The van der Waals surface area contributed by atoms with Gasteiger partial charge in [0.25, 0.3) is 0 Å². The molecule has 0 amide bonds. The zero-order valence-corrected chi connectivity index (χ0v) is 11.0. The first-order valence-electron chi connectivity index (χ1n) is 6.32. The van der Waals surface area contributed by atoms with Gasteiger partial charge in [-0.15, -0.1) is 0 Å². The van der Waals surface area contributed by atoms with Gasteiger partial charge in [-0.05, 0) is 44.6 Å². The molecule has 1 atom stereocenters. The summed E-state index contributed by atoms with van der Waals surface area (Å²) in [6.07, 6.45) is 2.48. The lowest BCUT2D eigenvalue weighted by atomic mass is 10.1. The number of carboxylic acid groups (broad SMARTS) is 1. The van der Waals surface area contributed by atoms with E-state index >= 15 is 0 Å². The van der Waals surface area contributed by atoms with E-state index in [0.29, 0.717) is 11.6 Å². The molecular formula is C14H20N2O2. The molecular weight excluding hydrogens is 228 g/mol. The van der Waals surface area contributed by atoms with Crippen molar-refractivity contribution in [3.8, 4) is 0 Å². The molecule has 1 aromatic rings. The molecule has 4 heteroatoms. The topological polar surface area (TPSA) is 43.8 Å². The number of hydrogen-bond donors (Lipinski definition) is 1. The fourth-order valence-electron chi connectivity index (χ4n) is 2.51. The summed E-state index contributed by atoms with van der Waals surface area (Å²) in [5, 5.41) is 8.99. The van der Waals surface area contributed by atoms with Crippen LogP contribution >= 0.6 is 0 Å². The van der Waals surface area contributed by atoms with Crippen LogP contribution in [0.25, 0.3) is 0 Å². The van der Waals surface area contributed by atoms with Gasteiger partial charge in [-0.2, -0.15) is 0 Å². The van der Waals surface area contributed by atoms with Gasteiger partial charge in [0.1, 0.15) is 0 Å². The summed E-state index contributed by atoms with van der Waals surface area (Å²) >= 11 is 0. The zero-order valence-electron chi connectivity index (χ0n) is 11.0. The molecule has 1 fully saturated rings. The van der Waals surface area contributed by atoms with Crippen molar-refractivity contribution >= 4 is 11.7 Å². The molecule has 0 spiro atoms. The minimum Gasteiger partial charge on any atom is -0.478 e. The normalized spacial score (nSPS) is 20.0. The largest absolute Gasteiger partial charge is 0.478 e. The van der Waals surface area contributed by atoms with Gasteiger partial charge >= 0.3 is 5.97 Å². The van der Waals surface area contributed by atoms with Gasteiger partial charge in [0.15, 0.2) is 0 Å². The minimum absolute atomic E-state index is 0.346. The molecule has 18 heavy (non-hydrogen) atoms. The molecule has 0 aromatic heterocycles. The van der Waals surface area contributed by atoms with Crippen molar-refractivity contribution in [3.63, 3.8) is 0 Å². The van der Waals surface area contributed by atoms with Crippen LogP contribution in [0.5, 0.6) is 0 Å². The van der Waals surface area contributed by atoms with Gasteiger partial charge in [-0.25, -0.2) is 4.79 Å². The summed E-state index contributed by atoms with van der Waals surface area (Å²) in [6.45, 7) is 2.10. The highest BCUT2D eigenvalue weighted by atomic mass is 16.4. The van der Waals surface area contributed by atoms with E-state index in [1.54, 1.807) is 18.2 Å². The summed E-state index contributed by atoms with van der Waals surface area (Å²) in [4.78, 5) is 15.5. The lowest BCUT2D eigenvalue weighted by molar-refractivity contribution is 0.0697. The second-order valence-corrected chi connectivity index (χ2v) is 5.01. The highest BCUT2D eigenvalue weighted by molar-refractivity contribution is 5.88. The van der Waals surface area contributed by atoms with Crippen LogP contribution in [0, 0.1) is 0 Å². The third-order valence-corrected chi connectivity index (χ3v) is 3.69. The Kier molecular flexibility index (Phi) is 3.87. The first-order valence-corrected chi connectivity index (χ1v) is 6.32. The van der Waals surface area contributed by atoms with Crippen molar-refractivity contribution in [1.29, 1.82) is 0 Å². The predicted molar refractivity (Wildman–Crippen MR) is 72.3 cm³/mol. The monoisotopic (exact) mass is 248 g/mol. The summed E-state index contributed by atoms with van der Waals surface area (Å²) in [5.41, 5.74) is 1.31. The van der Waals surface area contributed by atoms with E-state index in [1.807, 2.05) is 13.1 Å². The van der Waals surface area contributed by atoms with Gasteiger partial charge in [0.05, 0.1) is 5.56 Å². The molecule has 1 N–H and O–H groups in total. The lowest BCUT2D eigenvalue weighted by Gasteiger charge is -2.27. The van der Waals surface area contributed by atoms with E-state index in [0.717, 1.165) is 18.8 Å². The number of carboxylic acids is 1. The van der Waals surface area contributed by atoms with Gasteiger partial charge in [-0.1, -0.05) is 6.07 Å². The molecule has 0 saturated carbocycles. The Balaban J connectivity index is 2.06. The van der Waals surface area contributed by atoms with Crippen LogP contribution in [-0.4, -0.2) is 49.2 Å². The average Bonchev–Trinajstić information content (AvgIpc) is 2.75. The number of hydrogen-bond acceptors (Lipinski definition) is 3. The smallest absolute Gasteiger partial charge is 0.335 e. The lowest BCUT2D eigenvalue weighted by Crippen LogP contribution is -2.36. The number of nitrogens with zero attached hydrogens (tertiary/aromatic N) is 2. The van der Waals surface area contributed by atoms with Crippen molar-refractivity contribution in [2.75, 3.05) is 32.1 Å². The molecule has 1 aromatic carbocycles. The highest BCUT2D eigenvalue weighted by Crippen LogP contribution is 2.20. The van der Waals surface area contributed by atoms with E-state index in [-0.39, 0.29) is 0 Å². The molecule has 0 radical (unpaired) electrons. The first-order chi connectivity index (χ1) is 8.58. The van der Waals surface area contributed by atoms with E-state index < -0.39 is 5.97 Å². The SMILES string of the molecule is CN(CC1CCCN1C)c1cccc(C(=O)O)c1. The molecule has 1 aliphatic heterocycles. The number of aromatic carboxylic acids is 1. The van der Waals surface area contributed by atoms with E-state index in [9.17, 15) is 4.79 Å². The van der Waals surface area contributed by atoms with Crippen LogP contribution in [0.1, 0.15) is 23.2 Å². The maximum absolute atomic E-state index is 10.9. The maximum Gasteiger partial charge on any atom is 0.335 e. The van der Waals surface area contributed by atoms with Gasteiger partial charge in [-0.3, -0.25) is 0 Å². The molecule has 1 heterocycles. The van der Waals surface area contributed by atoms with Crippen LogP contribution < -0.4 is 4.90 Å². The molecule has 0 aliphatic carbocycles. The highest BCUT2D eigenvalue weighted by Gasteiger charge is 2.22. The third kappa shape index (κ3) is 2.82. The Morgan fingerprint density at radius 2 is 2.33 bits per heavy atom. The zero-order chi connectivity index (χ0) is 13.1. The number of carbonyl (C=O) groups is 1. The quantitative estimate of drug-likeness (QED) is 0.884. The summed E-state index contributed by atoms with van der Waals surface area (Å²) in [5.74, 6) is -0.872. The van der Waals surface area contributed by atoms with E-state index in [2.05, 4.69) is 16.8 Å². The molecule has 1 unspecified atom stereocenters. The Bertz CT molecular complexity index is 434. The third-order valence-electron chi connectivity index (χ3n) is 3.69. The number of likely N-dealkylation sites (tertiary alicyclic amines) is 1. The van der Waals surface area contributed by atoms with E-state index in [4.69, 9.17) is 5.11 Å². The van der Waals surface area contributed by atoms with Crippen LogP contribution in [0.3, 0.4) is 0 Å². The minimum atomic E-state index is -0.872. The van der Waals surface area contributed by atoms with Crippen molar-refractivity contribution in [1.82, 2.24) is 4.90 Å². The molecule has 1 aliphatic rings. The van der Waals surface area contributed by atoms with Crippen LogP contribution in [0.4, 0.5) is 5.69 Å². The van der Waals surface area contributed by atoms with Crippen LogP contribution in [0.15, 0.2) is 24.3 Å². The van der Waals surface area contributed by atoms with Gasteiger partial charge < -0.3 is 14.9 Å². The number of benzene rings is 1. The van der Waals surface area contributed by atoms with Crippen molar-refractivity contribution < 1.29 is 9.90 Å².